The number of amidine groups is 1. The van der Waals surface area contributed by atoms with E-state index in [0.29, 0.717) is 17.4 Å². The summed E-state index contributed by atoms with van der Waals surface area (Å²) in [5.41, 5.74) is 0.437. The molecule has 3 rings (SSSR count). The van der Waals surface area contributed by atoms with Crippen LogP contribution in [0.1, 0.15) is 18.6 Å². The van der Waals surface area contributed by atoms with E-state index in [9.17, 15) is 4.79 Å². The highest BCUT2D eigenvalue weighted by Crippen LogP contribution is 2.32. The number of nitrogens with one attached hydrogen (secondary N) is 1. The zero-order valence-corrected chi connectivity index (χ0v) is 8.06. The van der Waals surface area contributed by atoms with E-state index in [0.717, 1.165) is 18.7 Å². The lowest BCUT2D eigenvalue weighted by Gasteiger charge is -1.92. The van der Waals surface area contributed by atoms with Crippen LogP contribution in [0.4, 0.5) is 0 Å². The SMILES string of the molecule is O=C1NC(C2CC2)=N/C1=C/c1ccco1. The van der Waals surface area contributed by atoms with E-state index in [1.165, 1.54) is 0 Å². The van der Waals surface area contributed by atoms with Gasteiger partial charge in [-0.1, -0.05) is 0 Å². The largest absolute Gasteiger partial charge is 0.465 e. The molecule has 1 N–H and O–H groups in total. The zero-order chi connectivity index (χ0) is 10.3. The molecule has 76 valence electrons. The Morgan fingerprint density at radius 1 is 1.53 bits per heavy atom. The van der Waals surface area contributed by atoms with Crippen molar-refractivity contribution in [1.82, 2.24) is 5.32 Å². The summed E-state index contributed by atoms with van der Waals surface area (Å²) in [6.45, 7) is 0. The van der Waals surface area contributed by atoms with E-state index in [2.05, 4.69) is 10.3 Å². The van der Waals surface area contributed by atoms with Gasteiger partial charge in [-0.15, -0.1) is 0 Å². The van der Waals surface area contributed by atoms with Crippen molar-refractivity contribution >= 4 is 17.8 Å². The standard InChI is InChI=1S/C11H10N2O2/c14-11-9(6-8-2-1-5-15-8)12-10(13-11)7-3-4-7/h1-2,5-7H,3-4H2,(H,12,13,14)/b9-6+. The number of carbonyl (C=O) groups is 1. The van der Waals surface area contributed by atoms with Gasteiger partial charge in [-0.2, -0.15) is 0 Å². The van der Waals surface area contributed by atoms with Crippen molar-refractivity contribution in [3.05, 3.63) is 29.9 Å². The van der Waals surface area contributed by atoms with Crippen LogP contribution in [-0.4, -0.2) is 11.7 Å². The van der Waals surface area contributed by atoms with Crippen molar-refractivity contribution in [2.45, 2.75) is 12.8 Å². The summed E-state index contributed by atoms with van der Waals surface area (Å²) in [4.78, 5) is 15.8. The van der Waals surface area contributed by atoms with Crippen LogP contribution < -0.4 is 5.32 Å². The van der Waals surface area contributed by atoms with E-state index in [1.807, 2.05) is 0 Å². The number of aliphatic imine (C=N–C) groups is 1. The van der Waals surface area contributed by atoms with E-state index >= 15 is 0 Å². The number of hydrogen-bond donors (Lipinski definition) is 1. The lowest BCUT2D eigenvalue weighted by molar-refractivity contribution is -0.115. The number of amides is 1. The van der Waals surface area contributed by atoms with E-state index in [4.69, 9.17) is 4.42 Å². The Kier molecular flexibility index (Phi) is 1.74. The molecule has 0 unspecified atom stereocenters. The number of nitrogens with zero attached hydrogens (tertiary/aromatic N) is 1. The Morgan fingerprint density at radius 3 is 3.07 bits per heavy atom. The van der Waals surface area contributed by atoms with Crippen molar-refractivity contribution in [3.63, 3.8) is 0 Å². The molecular weight excluding hydrogens is 192 g/mol. The highest BCUT2D eigenvalue weighted by molar-refractivity contribution is 6.15. The van der Waals surface area contributed by atoms with Crippen molar-refractivity contribution < 1.29 is 9.21 Å². The normalized spacial score (nSPS) is 23.1. The fourth-order valence-electron chi connectivity index (χ4n) is 1.54. The van der Waals surface area contributed by atoms with Gasteiger partial charge in [0.05, 0.1) is 6.26 Å². The predicted octanol–water partition coefficient (Wildman–Crippen LogP) is 1.56. The summed E-state index contributed by atoms with van der Waals surface area (Å²) in [7, 11) is 0. The third-order valence-electron chi connectivity index (χ3n) is 2.50. The fraction of sp³-hybridized carbons (Fsp3) is 0.273. The van der Waals surface area contributed by atoms with E-state index in [1.54, 1.807) is 24.5 Å². The average Bonchev–Trinajstić information content (AvgIpc) is 2.84. The molecule has 2 heterocycles. The number of rotatable bonds is 2. The first-order valence-corrected chi connectivity index (χ1v) is 4.98. The number of hydrogen-bond acceptors (Lipinski definition) is 3. The summed E-state index contributed by atoms with van der Waals surface area (Å²) in [6, 6.07) is 3.58. The van der Waals surface area contributed by atoms with Crippen LogP contribution in [0.2, 0.25) is 0 Å². The Balaban J connectivity index is 1.89. The lowest BCUT2D eigenvalue weighted by Crippen LogP contribution is -2.25. The summed E-state index contributed by atoms with van der Waals surface area (Å²) in [5.74, 6) is 1.81. The Bertz CT molecular complexity index is 453. The molecule has 15 heavy (non-hydrogen) atoms. The van der Waals surface area contributed by atoms with Crippen LogP contribution in [-0.2, 0) is 4.79 Å². The molecule has 0 aromatic carbocycles. The molecule has 0 bridgehead atoms. The molecule has 1 aliphatic carbocycles. The molecule has 4 heteroatoms. The monoisotopic (exact) mass is 202 g/mol. The summed E-state index contributed by atoms with van der Waals surface area (Å²) >= 11 is 0. The van der Waals surface area contributed by atoms with Crippen molar-refractivity contribution in [3.8, 4) is 0 Å². The molecule has 0 saturated heterocycles. The summed E-state index contributed by atoms with van der Waals surface area (Å²) in [6.07, 6.45) is 5.50. The second-order valence-electron chi connectivity index (χ2n) is 3.77. The van der Waals surface area contributed by atoms with Gasteiger partial charge in [0.2, 0.25) is 0 Å². The molecule has 1 saturated carbocycles. The van der Waals surface area contributed by atoms with Crippen molar-refractivity contribution in [1.29, 1.82) is 0 Å². The molecular formula is C11H10N2O2. The molecule has 1 fully saturated rings. The highest BCUT2D eigenvalue weighted by Gasteiger charge is 2.33. The van der Waals surface area contributed by atoms with Crippen LogP contribution in [0.5, 0.6) is 0 Å². The molecule has 1 aromatic heterocycles. The van der Waals surface area contributed by atoms with Crippen molar-refractivity contribution in [2.75, 3.05) is 0 Å². The smallest absolute Gasteiger partial charge is 0.275 e. The maximum atomic E-state index is 11.5. The van der Waals surface area contributed by atoms with Crippen LogP contribution in [0.25, 0.3) is 6.08 Å². The zero-order valence-electron chi connectivity index (χ0n) is 8.06. The minimum Gasteiger partial charge on any atom is -0.465 e. The Hall–Kier alpha value is -1.84. The van der Waals surface area contributed by atoms with Crippen LogP contribution in [0.3, 0.4) is 0 Å². The number of carbonyl (C=O) groups excluding carboxylic acids is 1. The van der Waals surface area contributed by atoms with Gasteiger partial charge in [-0.05, 0) is 25.0 Å². The summed E-state index contributed by atoms with van der Waals surface area (Å²) < 4.78 is 5.13. The highest BCUT2D eigenvalue weighted by atomic mass is 16.3. The maximum absolute atomic E-state index is 11.5. The van der Waals surface area contributed by atoms with Gasteiger partial charge in [-0.25, -0.2) is 4.99 Å². The molecule has 1 aliphatic heterocycles. The van der Waals surface area contributed by atoms with Gasteiger partial charge in [0, 0.05) is 12.0 Å². The Morgan fingerprint density at radius 2 is 2.40 bits per heavy atom. The topological polar surface area (TPSA) is 54.6 Å². The van der Waals surface area contributed by atoms with Gasteiger partial charge < -0.3 is 9.73 Å². The fourth-order valence-corrected chi connectivity index (χ4v) is 1.54. The van der Waals surface area contributed by atoms with Crippen LogP contribution in [0.15, 0.2) is 33.5 Å². The molecule has 2 aliphatic rings. The minimum atomic E-state index is -0.131. The number of furan rings is 1. The first-order valence-electron chi connectivity index (χ1n) is 4.98. The molecule has 1 aromatic rings. The van der Waals surface area contributed by atoms with Gasteiger partial charge in [0.25, 0.3) is 5.91 Å². The second kappa shape index (κ2) is 3.08. The molecule has 1 amide bonds. The first kappa shape index (κ1) is 8.47. The van der Waals surface area contributed by atoms with Gasteiger partial charge >= 0.3 is 0 Å². The lowest BCUT2D eigenvalue weighted by atomic mass is 10.3. The summed E-state index contributed by atoms with van der Waals surface area (Å²) in [5, 5.41) is 2.78. The molecule has 0 atom stereocenters. The minimum absolute atomic E-state index is 0.131. The Labute approximate surface area is 86.7 Å². The van der Waals surface area contributed by atoms with E-state index < -0.39 is 0 Å². The molecule has 0 spiro atoms. The van der Waals surface area contributed by atoms with Gasteiger partial charge in [-0.3, -0.25) is 4.79 Å². The average molecular weight is 202 g/mol. The first-order chi connectivity index (χ1) is 7.33. The predicted molar refractivity (Wildman–Crippen MR) is 55.0 cm³/mol. The van der Waals surface area contributed by atoms with Gasteiger partial charge in [0.15, 0.2) is 0 Å². The quantitative estimate of drug-likeness (QED) is 0.740. The van der Waals surface area contributed by atoms with Crippen LogP contribution >= 0.6 is 0 Å². The maximum Gasteiger partial charge on any atom is 0.275 e. The van der Waals surface area contributed by atoms with Gasteiger partial charge in [0.1, 0.15) is 17.3 Å². The van der Waals surface area contributed by atoms with E-state index in [-0.39, 0.29) is 5.91 Å². The molecule has 4 nitrogen and oxygen atoms in total. The second-order valence-corrected chi connectivity index (χ2v) is 3.77. The molecule has 0 radical (unpaired) electrons. The third kappa shape index (κ3) is 1.58. The van der Waals surface area contributed by atoms with Crippen molar-refractivity contribution in [2.24, 2.45) is 10.9 Å². The third-order valence-corrected chi connectivity index (χ3v) is 2.50. The van der Waals surface area contributed by atoms with Crippen LogP contribution in [0, 0.1) is 5.92 Å².